The van der Waals surface area contributed by atoms with Gasteiger partial charge in [-0.2, -0.15) is 0 Å². The van der Waals surface area contributed by atoms with E-state index in [-0.39, 0.29) is 19.0 Å². The average Bonchev–Trinajstić information content (AvgIpc) is 3.76. The standard InChI is InChI=1S/C50H99N3O.2CH2O2/c1-5-9-13-17-20-27-36-48(34-25-15-11-7-3)38-29-22-19-23-32-42-52(43-33-44-53-45-41-51-47-53)46-50(54)40-31-24-30-39-49(35-26-16-12-8-4)37-28-21-18-14-10-6-2;2*2-1-3/h41,45,47-50,54H,5-40,42-44,46H2,1-4H3;2*1H,(H,2,3). The second-order valence-corrected chi connectivity index (χ2v) is 18.1. The number of carboxylic acid groups (broad SMARTS) is 2. The summed E-state index contributed by atoms with van der Waals surface area (Å²) in [4.78, 5) is 23.5. The van der Waals surface area contributed by atoms with Gasteiger partial charge in [-0.05, 0) is 44.2 Å². The Morgan fingerprint density at radius 3 is 1.18 bits per heavy atom. The number of nitrogens with zero attached hydrogens (tertiary/aromatic N) is 3. The maximum absolute atomic E-state index is 11.2. The monoisotopic (exact) mass is 850 g/mol. The van der Waals surface area contributed by atoms with Crippen molar-refractivity contribution in [2.45, 2.75) is 271 Å². The molecule has 8 nitrogen and oxygen atoms in total. The molecule has 0 aliphatic carbocycles. The molecule has 0 aliphatic rings. The first kappa shape index (κ1) is 60.2. The second kappa shape index (κ2) is 51.4. The zero-order chi connectivity index (χ0) is 44.4. The lowest BCUT2D eigenvalue weighted by Crippen LogP contribution is -2.34. The summed E-state index contributed by atoms with van der Waals surface area (Å²) in [7, 11) is 0. The maximum atomic E-state index is 11.2. The van der Waals surface area contributed by atoms with Crippen LogP contribution in [0.25, 0.3) is 0 Å². The molecule has 0 saturated heterocycles. The van der Waals surface area contributed by atoms with Gasteiger partial charge in [-0.3, -0.25) is 9.59 Å². The Hall–Kier alpha value is -1.93. The van der Waals surface area contributed by atoms with Crippen molar-refractivity contribution in [3.63, 3.8) is 0 Å². The third-order valence-electron chi connectivity index (χ3n) is 12.5. The number of aryl methyl sites for hydroxylation is 1. The highest BCUT2D eigenvalue weighted by Gasteiger charge is 2.14. The molecule has 0 aromatic carbocycles. The van der Waals surface area contributed by atoms with Crippen LogP contribution in [0.4, 0.5) is 0 Å². The molecule has 0 spiro atoms. The molecule has 1 aromatic rings. The SMILES string of the molecule is CCCCCCCCC(CCCCCC)CCCCCCCN(CCCn1ccnc1)CC(O)CCCCCC(CCCCCC)CCCCCCCC.O=CO.O=CO. The number of aliphatic hydroxyl groups excluding tert-OH is 1. The van der Waals surface area contributed by atoms with Gasteiger partial charge < -0.3 is 24.8 Å². The van der Waals surface area contributed by atoms with E-state index in [1.165, 1.54) is 218 Å². The van der Waals surface area contributed by atoms with Gasteiger partial charge in [-0.1, -0.05) is 240 Å². The van der Waals surface area contributed by atoms with Crippen LogP contribution in [0.1, 0.15) is 259 Å². The van der Waals surface area contributed by atoms with Crippen molar-refractivity contribution in [2.75, 3.05) is 19.6 Å². The van der Waals surface area contributed by atoms with Crippen molar-refractivity contribution >= 4 is 12.9 Å². The molecule has 1 rings (SSSR count). The summed E-state index contributed by atoms with van der Waals surface area (Å²) in [5, 5.41) is 24.9. The van der Waals surface area contributed by atoms with Crippen molar-refractivity contribution in [3.8, 4) is 0 Å². The van der Waals surface area contributed by atoms with Crippen LogP contribution in [-0.4, -0.2) is 68.5 Å². The molecule has 60 heavy (non-hydrogen) atoms. The predicted molar refractivity (Wildman–Crippen MR) is 258 cm³/mol. The van der Waals surface area contributed by atoms with Gasteiger partial charge in [-0.25, -0.2) is 4.98 Å². The first-order chi connectivity index (χ1) is 29.4. The summed E-state index contributed by atoms with van der Waals surface area (Å²) in [6, 6.07) is 0. The molecule has 8 heteroatoms. The van der Waals surface area contributed by atoms with Crippen LogP contribution >= 0.6 is 0 Å². The molecular weight excluding hydrogens is 747 g/mol. The van der Waals surface area contributed by atoms with Gasteiger partial charge in [0, 0.05) is 25.5 Å². The summed E-state index contributed by atoms with van der Waals surface area (Å²) in [5.41, 5.74) is 0. The summed E-state index contributed by atoms with van der Waals surface area (Å²) >= 11 is 0. The fourth-order valence-corrected chi connectivity index (χ4v) is 8.88. The van der Waals surface area contributed by atoms with Crippen LogP contribution in [0.2, 0.25) is 0 Å². The molecule has 0 radical (unpaired) electrons. The van der Waals surface area contributed by atoms with E-state index < -0.39 is 0 Å². The van der Waals surface area contributed by atoms with Gasteiger partial charge in [-0.15, -0.1) is 0 Å². The maximum Gasteiger partial charge on any atom is 0.290 e. The summed E-state index contributed by atoms with van der Waals surface area (Å²) in [6.45, 7) is 12.9. The van der Waals surface area contributed by atoms with Crippen LogP contribution in [0.15, 0.2) is 18.7 Å². The fraction of sp³-hybridized carbons (Fsp3) is 0.904. The summed E-state index contributed by atoms with van der Waals surface area (Å²) in [5.74, 6) is 1.91. The molecule has 1 heterocycles. The van der Waals surface area contributed by atoms with E-state index in [4.69, 9.17) is 19.8 Å². The van der Waals surface area contributed by atoms with Crippen molar-refractivity contribution in [1.82, 2.24) is 14.5 Å². The summed E-state index contributed by atoms with van der Waals surface area (Å²) in [6.07, 6.45) is 55.5. The first-order valence-corrected chi connectivity index (χ1v) is 26.0. The van der Waals surface area contributed by atoms with E-state index in [0.29, 0.717) is 0 Å². The molecule has 0 bridgehead atoms. The Bertz CT molecular complexity index is 927. The highest BCUT2D eigenvalue weighted by Crippen LogP contribution is 2.26. The highest BCUT2D eigenvalue weighted by molar-refractivity contribution is 5.33. The Morgan fingerprint density at radius 2 is 0.800 bits per heavy atom. The predicted octanol–water partition coefficient (Wildman–Crippen LogP) is 15.3. The minimum absolute atomic E-state index is 0.188. The van der Waals surface area contributed by atoms with E-state index in [9.17, 15) is 5.11 Å². The van der Waals surface area contributed by atoms with E-state index >= 15 is 0 Å². The number of hydrogen-bond donors (Lipinski definition) is 3. The Kier molecular flexibility index (Phi) is 51.6. The largest absolute Gasteiger partial charge is 0.483 e. The minimum Gasteiger partial charge on any atom is -0.483 e. The Labute approximate surface area is 372 Å². The van der Waals surface area contributed by atoms with E-state index in [0.717, 1.165) is 50.9 Å². The third-order valence-corrected chi connectivity index (χ3v) is 12.5. The number of hydrogen-bond acceptors (Lipinski definition) is 5. The molecule has 0 saturated carbocycles. The first-order valence-electron chi connectivity index (χ1n) is 26.0. The Morgan fingerprint density at radius 1 is 0.483 bits per heavy atom. The molecule has 1 aromatic heterocycles. The topological polar surface area (TPSA) is 116 Å². The lowest BCUT2D eigenvalue weighted by Gasteiger charge is -2.25. The zero-order valence-electron chi connectivity index (χ0n) is 40.4. The summed E-state index contributed by atoms with van der Waals surface area (Å²) < 4.78 is 2.20. The number of imidazole rings is 1. The quantitative estimate of drug-likeness (QED) is 0.0442. The van der Waals surface area contributed by atoms with Gasteiger partial charge in [0.1, 0.15) is 0 Å². The van der Waals surface area contributed by atoms with Gasteiger partial charge >= 0.3 is 0 Å². The van der Waals surface area contributed by atoms with E-state index in [1.54, 1.807) is 0 Å². The zero-order valence-corrected chi connectivity index (χ0v) is 40.4. The third kappa shape index (κ3) is 45.6. The fourth-order valence-electron chi connectivity index (χ4n) is 8.88. The number of rotatable bonds is 44. The molecule has 3 unspecified atom stereocenters. The lowest BCUT2D eigenvalue weighted by molar-refractivity contribution is -0.123. The van der Waals surface area contributed by atoms with Crippen molar-refractivity contribution in [3.05, 3.63) is 18.7 Å². The minimum atomic E-state index is -0.250. The van der Waals surface area contributed by atoms with Gasteiger partial charge in [0.25, 0.3) is 12.9 Å². The highest BCUT2D eigenvalue weighted by atomic mass is 16.3. The molecule has 0 fully saturated rings. The lowest BCUT2D eigenvalue weighted by atomic mass is 9.89. The van der Waals surface area contributed by atoms with Crippen LogP contribution in [0, 0.1) is 11.8 Å². The van der Waals surface area contributed by atoms with Crippen LogP contribution in [0.5, 0.6) is 0 Å². The number of aromatic nitrogens is 2. The molecule has 0 amide bonds. The molecule has 3 atom stereocenters. The molecular formula is C52H103N3O5. The average molecular weight is 850 g/mol. The second-order valence-electron chi connectivity index (χ2n) is 18.1. The van der Waals surface area contributed by atoms with E-state index in [2.05, 4.69) is 48.3 Å². The molecule has 3 N–H and O–H groups in total. The normalized spacial score (nSPS) is 12.6. The van der Waals surface area contributed by atoms with Crippen molar-refractivity contribution < 1.29 is 24.9 Å². The molecule has 0 aliphatic heterocycles. The van der Waals surface area contributed by atoms with Crippen LogP contribution < -0.4 is 0 Å². The van der Waals surface area contributed by atoms with Crippen LogP contribution in [0.3, 0.4) is 0 Å². The van der Waals surface area contributed by atoms with Crippen LogP contribution in [-0.2, 0) is 16.1 Å². The van der Waals surface area contributed by atoms with Crippen molar-refractivity contribution in [1.29, 1.82) is 0 Å². The molecule has 356 valence electrons. The van der Waals surface area contributed by atoms with Gasteiger partial charge in [0.05, 0.1) is 12.4 Å². The van der Waals surface area contributed by atoms with Crippen molar-refractivity contribution in [2.24, 2.45) is 11.8 Å². The number of carbonyl (C=O) groups is 2. The van der Waals surface area contributed by atoms with Gasteiger partial charge in [0.15, 0.2) is 0 Å². The Balaban J connectivity index is 0. The smallest absolute Gasteiger partial charge is 0.290 e. The van der Waals surface area contributed by atoms with Gasteiger partial charge in [0.2, 0.25) is 0 Å². The number of unbranched alkanes of at least 4 members (excludes halogenated alkanes) is 22. The number of aliphatic hydroxyl groups is 1. The van der Waals surface area contributed by atoms with E-state index in [1.807, 2.05) is 12.5 Å².